The van der Waals surface area contributed by atoms with Crippen molar-refractivity contribution in [3.63, 3.8) is 0 Å². The normalized spacial score (nSPS) is 25.8. The van der Waals surface area contributed by atoms with Crippen LogP contribution in [0.5, 0.6) is 5.75 Å². The average Bonchev–Trinajstić information content (AvgIpc) is 2.51. The second kappa shape index (κ2) is 5.29. The first-order valence-electron chi connectivity index (χ1n) is 6.59. The van der Waals surface area contributed by atoms with E-state index in [2.05, 4.69) is 49.3 Å². The number of hydrogen-bond donors (Lipinski definition) is 1. The molecule has 1 aliphatic heterocycles. The Labute approximate surface area is 110 Å². The summed E-state index contributed by atoms with van der Waals surface area (Å²) in [5, 5.41) is 3.54. The first-order valence-corrected chi connectivity index (χ1v) is 6.59. The smallest absolute Gasteiger partial charge is 0.121 e. The van der Waals surface area contributed by atoms with Crippen molar-refractivity contribution in [2.24, 2.45) is 0 Å². The van der Waals surface area contributed by atoms with Crippen LogP contribution in [0.25, 0.3) is 0 Å². The number of ether oxygens (including phenoxy) is 1. The molecule has 1 fully saturated rings. The molecule has 1 atom stereocenters. The molecule has 0 radical (unpaired) electrons. The van der Waals surface area contributed by atoms with Crippen LogP contribution in [0.4, 0.5) is 0 Å². The molecule has 1 aromatic rings. The van der Waals surface area contributed by atoms with Crippen LogP contribution in [0, 0.1) is 6.92 Å². The molecule has 1 unspecified atom stereocenters. The molecule has 1 heterocycles. The van der Waals surface area contributed by atoms with Gasteiger partial charge in [0.15, 0.2) is 0 Å². The first-order chi connectivity index (χ1) is 8.55. The Kier molecular flexibility index (Phi) is 3.93. The lowest BCUT2D eigenvalue weighted by Gasteiger charge is -2.32. The fraction of sp³-hybridized carbons (Fsp3) is 0.600. The average molecular weight is 248 g/mol. The molecule has 1 N–H and O–H groups in total. The highest BCUT2D eigenvalue weighted by molar-refractivity contribution is 5.39. The third-order valence-electron chi connectivity index (χ3n) is 3.90. The van der Waals surface area contributed by atoms with Gasteiger partial charge in [0, 0.05) is 31.6 Å². The quantitative estimate of drug-likeness (QED) is 0.863. The Balaban J connectivity index is 2.30. The Morgan fingerprint density at radius 2 is 2.17 bits per heavy atom. The lowest BCUT2D eigenvalue weighted by atomic mass is 9.81. The molecule has 1 saturated heterocycles. The maximum Gasteiger partial charge on any atom is 0.121 e. The maximum atomic E-state index is 5.34. The molecule has 100 valence electrons. The number of rotatable bonds is 2. The van der Waals surface area contributed by atoms with Crippen molar-refractivity contribution >= 4 is 0 Å². The van der Waals surface area contributed by atoms with Crippen molar-refractivity contribution in [3.8, 4) is 5.75 Å². The second-order valence-corrected chi connectivity index (χ2v) is 5.66. The summed E-state index contributed by atoms with van der Waals surface area (Å²) < 4.78 is 5.34. The van der Waals surface area contributed by atoms with E-state index < -0.39 is 0 Å². The van der Waals surface area contributed by atoms with Gasteiger partial charge in [-0.05, 0) is 31.2 Å². The number of likely N-dealkylation sites (N-methyl/N-ethyl adjacent to an activating group) is 1. The van der Waals surface area contributed by atoms with Gasteiger partial charge in [-0.15, -0.1) is 0 Å². The van der Waals surface area contributed by atoms with Gasteiger partial charge in [0.1, 0.15) is 5.75 Å². The minimum atomic E-state index is 0.169. The van der Waals surface area contributed by atoms with Crippen molar-refractivity contribution in [3.05, 3.63) is 29.3 Å². The van der Waals surface area contributed by atoms with Crippen molar-refractivity contribution in [2.45, 2.75) is 19.3 Å². The van der Waals surface area contributed by atoms with Crippen LogP contribution >= 0.6 is 0 Å². The zero-order valence-electron chi connectivity index (χ0n) is 11.9. The summed E-state index contributed by atoms with van der Waals surface area (Å²) in [6.07, 6.45) is 0. The topological polar surface area (TPSA) is 24.5 Å². The summed E-state index contributed by atoms with van der Waals surface area (Å²) in [5.41, 5.74) is 2.77. The van der Waals surface area contributed by atoms with Gasteiger partial charge >= 0.3 is 0 Å². The van der Waals surface area contributed by atoms with Crippen LogP contribution < -0.4 is 10.1 Å². The zero-order valence-corrected chi connectivity index (χ0v) is 11.9. The van der Waals surface area contributed by atoms with E-state index in [1.54, 1.807) is 7.11 Å². The molecule has 0 amide bonds. The molecule has 0 aromatic heterocycles. The predicted octanol–water partition coefficient (Wildman–Crippen LogP) is 1.80. The molecule has 1 aromatic carbocycles. The fourth-order valence-corrected chi connectivity index (χ4v) is 2.81. The molecule has 3 heteroatoms. The number of methoxy groups -OCH3 is 1. The van der Waals surface area contributed by atoms with E-state index in [9.17, 15) is 0 Å². The van der Waals surface area contributed by atoms with E-state index >= 15 is 0 Å². The Hall–Kier alpha value is -1.06. The van der Waals surface area contributed by atoms with E-state index in [0.717, 1.165) is 31.9 Å². The SMILES string of the molecule is COc1ccc(C2(C)CNCCN(C)C2)cc1C. The lowest BCUT2D eigenvalue weighted by Crippen LogP contribution is -2.39. The summed E-state index contributed by atoms with van der Waals surface area (Å²) in [6.45, 7) is 8.75. The molecule has 3 nitrogen and oxygen atoms in total. The van der Waals surface area contributed by atoms with Gasteiger partial charge in [-0.1, -0.05) is 19.1 Å². The molecule has 0 bridgehead atoms. The lowest BCUT2D eigenvalue weighted by molar-refractivity contribution is 0.289. The summed E-state index contributed by atoms with van der Waals surface area (Å²) in [7, 11) is 3.92. The molecule has 2 rings (SSSR count). The van der Waals surface area contributed by atoms with Crippen LogP contribution in [0.2, 0.25) is 0 Å². The molecular formula is C15H24N2O. The number of aryl methyl sites for hydroxylation is 1. The van der Waals surface area contributed by atoms with E-state index in [1.165, 1.54) is 11.1 Å². The van der Waals surface area contributed by atoms with Crippen LogP contribution in [0.15, 0.2) is 18.2 Å². The zero-order chi connectivity index (χ0) is 13.2. The molecule has 1 aliphatic rings. The molecule has 0 spiro atoms. The van der Waals surface area contributed by atoms with Gasteiger partial charge in [0.25, 0.3) is 0 Å². The number of benzene rings is 1. The van der Waals surface area contributed by atoms with Crippen molar-refractivity contribution in [1.82, 2.24) is 10.2 Å². The predicted molar refractivity (Wildman–Crippen MR) is 75.4 cm³/mol. The monoisotopic (exact) mass is 248 g/mol. The number of hydrogen-bond acceptors (Lipinski definition) is 3. The number of nitrogens with one attached hydrogen (secondary N) is 1. The van der Waals surface area contributed by atoms with Crippen LogP contribution in [0.3, 0.4) is 0 Å². The molecular weight excluding hydrogens is 224 g/mol. The van der Waals surface area contributed by atoms with E-state index in [-0.39, 0.29) is 5.41 Å². The summed E-state index contributed by atoms with van der Waals surface area (Å²) in [6, 6.07) is 6.55. The minimum Gasteiger partial charge on any atom is -0.496 e. The summed E-state index contributed by atoms with van der Waals surface area (Å²) >= 11 is 0. The molecule has 0 aliphatic carbocycles. The van der Waals surface area contributed by atoms with Gasteiger partial charge in [0.05, 0.1) is 7.11 Å². The summed E-state index contributed by atoms with van der Waals surface area (Å²) in [4.78, 5) is 2.40. The van der Waals surface area contributed by atoms with Gasteiger partial charge in [-0.25, -0.2) is 0 Å². The highest BCUT2D eigenvalue weighted by atomic mass is 16.5. The fourth-order valence-electron chi connectivity index (χ4n) is 2.81. The van der Waals surface area contributed by atoms with E-state index in [1.807, 2.05) is 0 Å². The second-order valence-electron chi connectivity index (χ2n) is 5.66. The first kappa shape index (κ1) is 13.4. The molecule has 0 saturated carbocycles. The van der Waals surface area contributed by atoms with Crippen molar-refractivity contribution in [1.29, 1.82) is 0 Å². The Morgan fingerprint density at radius 1 is 1.39 bits per heavy atom. The van der Waals surface area contributed by atoms with Gasteiger partial charge < -0.3 is 15.0 Å². The molecule has 18 heavy (non-hydrogen) atoms. The third-order valence-corrected chi connectivity index (χ3v) is 3.90. The van der Waals surface area contributed by atoms with Gasteiger partial charge in [-0.2, -0.15) is 0 Å². The van der Waals surface area contributed by atoms with Crippen LogP contribution in [0.1, 0.15) is 18.1 Å². The van der Waals surface area contributed by atoms with Crippen LogP contribution in [-0.2, 0) is 5.41 Å². The highest BCUT2D eigenvalue weighted by Gasteiger charge is 2.30. The van der Waals surface area contributed by atoms with Gasteiger partial charge in [-0.3, -0.25) is 0 Å². The third kappa shape index (κ3) is 2.68. The largest absolute Gasteiger partial charge is 0.496 e. The minimum absolute atomic E-state index is 0.169. The van der Waals surface area contributed by atoms with Gasteiger partial charge in [0.2, 0.25) is 0 Å². The number of nitrogens with zero attached hydrogens (tertiary/aromatic N) is 1. The maximum absolute atomic E-state index is 5.34. The van der Waals surface area contributed by atoms with Crippen LogP contribution in [-0.4, -0.2) is 45.2 Å². The van der Waals surface area contributed by atoms with E-state index in [4.69, 9.17) is 4.74 Å². The van der Waals surface area contributed by atoms with E-state index in [0.29, 0.717) is 0 Å². The standard InChI is InChI=1S/C15H24N2O/c1-12-9-13(5-6-14(12)18-4)15(2)10-16-7-8-17(3)11-15/h5-6,9,16H,7-8,10-11H2,1-4H3. The highest BCUT2D eigenvalue weighted by Crippen LogP contribution is 2.29. The van der Waals surface area contributed by atoms with Crippen molar-refractivity contribution in [2.75, 3.05) is 40.3 Å². The Bertz CT molecular complexity index is 419. The Morgan fingerprint density at radius 3 is 2.83 bits per heavy atom. The summed E-state index contributed by atoms with van der Waals surface area (Å²) in [5.74, 6) is 0.970. The van der Waals surface area contributed by atoms with Crippen molar-refractivity contribution < 1.29 is 4.74 Å².